The molecular weight excluding hydrogens is 149 g/mol. The van der Waals surface area contributed by atoms with E-state index in [9.17, 15) is 9.18 Å². The number of carbonyl (C=O) groups is 1. The molecule has 0 amide bonds. The lowest BCUT2D eigenvalue weighted by Gasteiger charge is -2.06. The van der Waals surface area contributed by atoms with Gasteiger partial charge in [0.1, 0.15) is 5.70 Å². The predicted molar refractivity (Wildman–Crippen MR) is 38.0 cm³/mol. The van der Waals surface area contributed by atoms with E-state index in [-0.39, 0.29) is 5.70 Å². The topological polar surface area (TPSA) is 38.3 Å². The van der Waals surface area contributed by atoms with Gasteiger partial charge in [0.15, 0.2) is 0 Å². The molecule has 0 spiro atoms. The van der Waals surface area contributed by atoms with Crippen LogP contribution in [0.1, 0.15) is 0 Å². The van der Waals surface area contributed by atoms with Crippen LogP contribution in [0.25, 0.3) is 0 Å². The highest BCUT2D eigenvalue weighted by Crippen LogP contribution is 1.91. The third-order valence-corrected chi connectivity index (χ3v) is 0.879. The Bertz CT molecular complexity index is 207. The molecule has 0 rings (SSSR count). The minimum atomic E-state index is -1.71. The smallest absolute Gasteiger partial charge is 0.353 e. The Hall–Kier alpha value is -1.50. The lowest BCUT2D eigenvalue weighted by atomic mass is 10.4. The molecule has 60 valence electrons. The van der Waals surface area contributed by atoms with E-state index >= 15 is 0 Å². The van der Waals surface area contributed by atoms with Crippen LogP contribution in [-0.4, -0.2) is 19.4 Å². The fraction of sp³-hybridized carbons (Fsp3) is 0.286. The van der Waals surface area contributed by atoms with Crippen LogP contribution in [0.3, 0.4) is 0 Å². The number of esters is 1. The molecule has 0 aliphatic rings. The fourth-order valence-electron chi connectivity index (χ4n) is 0.377. The third-order valence-electron chi connectivity index (χ3n) is 0.879. The van der Waals surface area contributed by atoms with Crippen LogP contribution in [0.2, 0.25) is 0 Å². The van der Waals surface area contributed by atoms with Crippen molar-refractivity contribution in [2.24, 2.45) is 0 Å². The molecule has 0 aliphatic carbocycles. The zero-order chi connectivity index (χ0) is 8.85. The second-order valence-electron chi connectivity index (χ2n) is 1.64. The lowest BCUT2D eigenvalue weighted by molar-refractivity contribution is -0.136. The van der Waals surface area contributed by atoms with Crippen molar-refractivity contribution in [1.29, 1.82) is 0 Å². The molecule has 1 atom stereocenters. The van der Waals surface area contributed by atoms with Gasteiger partial charge in [-0.2, -0.15) is 0 Å². The van der Waals surface area contributed by atoms with Gasteiger partial charge in [-0.3, -0.25) is 0 Å². The summed E-state index contributed by atoms with van der Waals surface area (Å²) in [6.07, 6.45) is 2.97. The molecule has 4 heteroatoms. The monoisotopic (exact) mass is 157 g/mol. The quantitative estimate of drug-likeness (QED) is 0.275. The minimum absolute atomic E-state index is 0.196. The zero-order valence-electron chi connectivity index (χ0n) is 6.06. The SMILES string of the molecule is C#CC(F)NC(=C)C(=O)OC. The van der Waals surface area contributed by atoms with Crippen LogP contribution < -0.4 is 5.32 Å². The summed E-state index contributed by atoms with van der Waals surface area (Å²) in [6.45, 7) is 3.19. The molecule has 0 radical (unpaired) electrons. The van der Waals surface area contributed by atoms with Crippen LogP contribution in [0.15, 0.2) is 12.3 Å². The molecule has 1 unspecified atom stereocenters. The molecule has 0 aliphatic heterocycles. The number of hydrogen-bond donors (Lipinski definition) is 1. The molecule has 0 saturated heterocycles. The zero-order valence-corrected chi connectivity index (χ0v) is 6.06. The first-order chi connectivity index (χ1) is 5.11. The van der Waals surface area contributed by atoms with Gasteiger partial charge in [0, 0.05) is 0 Å². The van der Waals surface area contributed by atoms with Crippen molar-refractivity contribution in [3.05, 3.63) is 12.3 Å². The van der Waals surface area contributed by atoms with Gasteiger partial charge in [-0.25, -0.2) is 9.18 Å². The van der Waals surface area contributed by atoms with Crippen molar-refractivity contribution in [3.63, 3.8) is 0 Å². The van der Waals surface area contributed by atoms with E-state index in [1.807, 2.05) is 5.32 Å². The van der Waals surface area contributed by atoms with Gasteiger partial charge in [0.25, 0.3) is 0 Å². The summed E-state index contributed by atoms with van der Waals surface area (Å²) >= 11 is 0. The first-order valence-electron chi connectivity index (χ1n) is 2.75. The average molecular weight is 157 g/mol. The summed E-state index contributed by atoms with van der Waals surface area (Å²) < 4.78 is 16.5. The summed E-state index contributed by atoms with van der Waals surface area (Å²) in [6, 6.07) is 0. The van der Waals surface area contributed by atoms with Crippen molar-refractivity contribution < 1.29 is 13.9 Å². The Morgan fingerprint density at radius 3 is 2.82 bits per heavy atom. The van der Waals surface area contributed by atoms with E-state index in [1.54, 1.807) is 5.92 Å². The number of carbonyl (C=O) groups excluding carboxylic acids is 1. The Labute approximate surface area is 64.2 Å². The molecule has 0 aromatic heterocycles. The fourth-order valence-corrected chi connectivity index (χ4v) is 0.377. The summed E-state index contributed by atoms with van der Waals surface area (Å²) in [5.41, 5.74) is -0.196. The highest BCUT2D eigenvalue weighted by Gasteiger charge is 2.09. The largest absolute Gasteiger partial charge is 0.464 e. The molecule has 0 saturated carbocycles. The number of methoxy groups -OCH3 is 1. The maximum absolute atomic E-state index is 12.3. The van der Waals surface area contributed by atoms with Crippen molar-refractivity contribution in [2.45, 2.75) is 6.30 Å². The maximum Gasteiger partial charge on any atom is 0.353 e. The number of alkyl halides is 1. The number of halogens is 1. The van der Waals surface area contributed by atoms with Crippen molar-refractivity contribution >= 4 is 5.97 Å². The average Bonchev–Trinajstić information content (AvgIpc) is 2.02. The van der Waals surface area contributed by atoms with Crippen molar-refractivity contribution in [2.75, 3.05) is 7.11 Å². The molecule has 11 heavy (non-hydrogen) atoms. The van der Waals surface area contributed by atoms with Gasteiger partial charge in [0.2, 0.25) is 6.30 Å². The van der Waals surface area contributed by atoms with Gasteiger partial charge < -0.3 is 10.1 Å². The molecular formula is C7H8FNO2. The standard InChI is InChI=1S/C7H8FNO2/c1-4-6(8)9-5(2)7(10)11-3/h1,6,9H,2H2,3H3. The van der Waals surface area contributed by atoms with E-state index in [2.05, 4.69) is 17.7 Å². The number of terminal acetylenes is 1. The first-order valence-corrected chi connectivity index (χ1v) is 2.75. The van der Waals surface area contributed by atoms with E-state index < -0.39 is 12.3 Å². The number of nitrogens with one attached hydrogen (secondary N) is 1. The summed E-state index contributed by atoms with van der Waals surface area (Å²) in [7, 11) is 1.16. The molecule has 3 nitrogen and oxygen atoms in total. The molecule has 1 N–H and O–H groups in total. The highest BCUT2D eigenvalue weighted by molar-refractivity contribution is 5.86. The van der Waals surface area contributed by atoms with Crippen LogP contribution in [0.5, 0.6) is 0 Å². The second kappa shape index (κ2) is 4.34. The number of ether oxygens (including phenoxy) is 1. The maximum atomic E-state index is 12.3. The van der Waals surface area contributed by atoms with E-state index in [1.165, 1.54) is 0 Å². The van der Waals surface area contributed by atoms with Crippen LogP contribution >= 0.6 is 0 Å². The Morgan fingerprint density at radius 1 is 1.91 bits per heavy atom. The van der Waals surface area contributed by atoms with Gasteiger partial charge >= 0.3 is 5.97 Å². The van der Waals surface area contributed by atoms with Gasteiger partial charge in [0.05, 0.1) is 7.11 Å². The Kier molecular flexibility index (Phi) is 3.75. The molecule has 0 aromatic carbocycles. The van der Waals surface area contributed by atoms with Gasteiger partial charge in [-0.15, -0.1) is 6.42 Å². The van der Waals surface area contributed by atoms with Crippen LogP contribution in [-0.2, 0) is 9.53 Å². The Balaban J connectivity index is 3.90. The number of hydrogen-bond acceptors (Lipinski definition) is 3. The summed E-state index contributed by atoms with van der Waals surface area (Å²) in [4.78, 5) is 10.5. The second-order valence-corrected chi connectivity index (χ2v) is 1.64. The first kappa shape index (κ1) is 9.50. The summed E-state index contributed by atoms with van der Waals surface area (Å²) in [5.74, 6) is 0.995. The normalized spacial score (nSPS) is 11.0. The number of rotatable bonds is 3. The minimum Gasteiger partial charge on any atom is -0.464 e. The highest BCUT2D eigenvalue weighted by atomic mass is 19.1. The lowest BCUT2D eigenvalue weighted by Crippen LogP contribution is -2.27. The molecule has 0 heterocycles. The molecule has 0 bridgehead atoms. The van der Waals surface area contributed by atoms with E-state index in [0.717, 1.165) is 7.11 Å². The van der Waals surface area contributed by atoms with Gasteiger partial charge in [-0.1, -0.05) is 6.58 Å². The Morgan fingerprint density at radius 2 is 2.45 bits per heavy atom. The third kappa shape index (κ3) is 3.26. The summed E-state index contributed by atoms with van der Waals surface area (Å²) in [5, 5.41) is 2.01. The predicted octanol–water partition coefficient (Wildman–Crippen LogP) is 0.192. The van der Waals surface area contributed by atoms with Crippen LogP contribution in [0, 0.1) is 12.3 Å². The van der Waals surface area contributed by atoms with Crippen molar-refractivity contribution in [3.8, 4) is 12.3 Å². The van der Waals surface area contributed by atoms with E-state index in [4.69, 9.17) is 0 Å². The molecule has 0 aromatic rings. The molecule has 0 fully saturated rings. The van der Waals surface area contributed by atoms with Crippen molar-refractivity contribution in [1.82, 2.24) is 5.32 Å². The van der Waals surface area contributed by atoms with Crippen LogP contribution in [0.4, 0.5) is 4.39 Å². The van der Waals surface area contributed by atoms with Gasteiger partial charge in [-0.05, 0) is 5.92 Å². The van der Waals surface area contributed by atoms with E-state index in [0.29, 0.717) is 0 Å².